The normalized spacial score (nSPS) is 10.9. The van der Waals surface area contributed by atoms with Crippen molar-refractivity contribution in [3.8, 4) is 0 Å². The summed E-state index contributed by atoms with van der Waals surface area (Å²) in [6.07, 6.45) is 3.92. The van der Waals surface area contributed by atoms with Crippen LogP contribution in [0.3, 0.4) is 0 Å². The molecule has 134 valence electrons. The van der Waals surface area contributed by atoms with Crippen LogP contribution in [0.25, 0.3) is 0 Å². The highest BCUT2D eigenvalue weighted by Crippen LogP contribution is 2.11. The molecule has 0 saturated carbocycles. The molecule has 2 amide bonds. The van der Waals surface area contributed by atoms with E-state index in [1.54, 1.807) is 24.3 Å². The molecule has 0 saturated heterocycles. The second-order valence-electron chi connectivity index (χ2n) is 5.37. The van der Waals surface area contributed by atoms with E-state index in [-0.39, 0.29) is 31.3 Å². The third-order valence-electron chi connectivity index (χ3n) is 3.14. The van der Waals surface area contributed by atoms with E-state index >= 15 is 0 Å². The van der Waals surface area contributed by atoms with Crippen molar-refractivity contribution in [1.82, 2.24) is 10.6 Å². The summed E-state index contributed by atoms with van der Waals surface area (Å²) in [5.41, 5.74) is 1.58. The smallest absolute Gasteiger partial charge is 0.254 e. The molecule has 0 aliphatic rings. The minimum absolute atomic E-state index is 0.130. The van der Waals surface area contributed by atoms with Crippen LogP contribution in [-0.4, -0.2) is 33.0 Å². The average molecular weight is 365 g/mol. The summed E-state index contributed by atoms with van der Waals surface area (Å²) in [6.45, 7) is 0.458. The van der Waals surface area contributed by atoms with Crippen LogP contribution in [0.15, 0.2) is 47.3 Å². The van der Waals surface area contributed by atoms with Crippen LogP contribution < -0.4 is 15.4 Å². The average Bonchev–Trinajstić information content (AvgIpc) is 3.06. The monoisotopic (exact) mass is 365 g/mol. The van der Waals surface area contributed by atoms with E-state index in [0.717, 1.165) is 11.8 Å². The zero-order valence-corrected chi connectivity index (χ0v) is 14.4. The fourth-order valence-corrected chi connectivity index (χ4v) is 2.59. The van der Waals surface area contributed by atoms with Gasteiger partial charge in [-0.25, -0.2) is 8.42 Å². The Morgan fingerprint density at radius 3 is 2.64 bits per heavy atom. The van der Waals surface area contributed by atoms with Gasteiger partial charge < -0.3 is 15.1 Å². The molecule has 1 aromatic carbocycles. The van der Waals surface area contributed by atoms with Crippen molar-refractivity contribution in [1.29, 1.82) is 0 Å². The number of carbonyl (C=O) groups excluding carboxylic acids is 2. The Bertz CT molecular complexity index is 831. The number of hydrogen-bond donors (Lipinski definition) is 3. The lowest BCUT2D eigenvalue weighted by molar-refractivity contribution is -0.121. The quantitative estimate of drug-likeness (QED) is 0.647. The largest absolute Gasteiger partial charge is 0.472 e. The molecule has 0 atom stereocenters. The van der Waals surface area contributed by atoms with Gasteiger partial charge in [-0.05, 0) is 23.8 Å². The van der Waals surface area contributed by atoms with Gasteiger partial charge in [0.15, 0.2) is 0 Å². The first-order valence-corrected chi connectivity index (χ1v) is 9.36. The van der Waals surface area contributed by atoms with Gasteiger partial charge in [0, 0.05) is 25.2 Å². The number of furan rings is 1. The van der Waals surface area contributed by atoms with E-state index in [4.69, 9.17) is 4.42 Å². The summed E-state index contributed by atoms with van der Waals surface area (Å²) in [6, 6.07) is 8.27. The summed E-state index contributed by atoms with van der Waals surface area (Å²) < 4.78 is 29.6. The highest BCUT2D eigenvalue weighted by molar-refractivity contribution is 7.92. The number of carbonyl (C=O) groups is 2. The maximum atomic E-state index is 11.8. The van der Waals surface area contributed by atoms with Crippen LogP contribution >= 0.6 is 0 Å². The van der Waals surface area contributed by atoms with Gasteiger partial charge in [-0.3, -0.25) is 14.3 Å². The zero-order valence-electron chi connectivity index (χ0n) is 13.6. The lowest BCUT2D eigenvalue weighted by atomic mass is 10.2. The summed E-state index contributed by atoms with van der Waals surface area (Å²) >= 11 is 0. The summed E-state index contributed by atoms with van der Waals surface area (Å²) in [4.78, 5) is 23.5. The molecule has 2 rings (SSSR count). The molecule has 1 heterocycles. The number of rotatable bonds is 8. The molecule has 1 aromatic heterocycles. The lowest BCUT2D eigenvalue weighted by Gasteiger charge is -2.08. The molecule has 0 radical (unpaired) electrons. The van der Waals surface area contributed by atoms with Crippen LogP contribution in [0.4, 0.5) is 5.69 Å². The number of hydrogen-bond acceptors (Lipinski definition) is 5. The molecule has 0 spiro atoms. The fourth-order valence-electron chi connectivity index (χ4n) is 2.03. The molecule has 3 N–H and O–H groups in total. The Balaban J connectivity index is 1.74. The van der Waals surface area contributed by atoms with Gasteiger partial charge in [-0.2, -0.15) is 0 Å². The highest BCUT2D eigenvalue weighted by Gasteiger charge is 2.08. The number of nitrogens with one attached hydrogen (secondary N) is 3. The van der Waals surface area contributed by atoms with E-state index in [9.17, 15) is 18.0 Å². The molecule has 0 unspecified atom stereocenters. The first kappa shape index (κ1) is 18.5. The Morgan fingerprint density at radius 1 is 1.16 bits per heavy atom. The predicted molar refractivity (Wildman–Crippen MR) is 92.4 cm³/mol. The first-order chi connectivity index (χ1) is 11.8. The first-order valence-electron chi connectivity index (χ1n) is 7.47. The Kier molecular flexibility index (Phi) is 6.18. The summed E-state index contributed by atoms with van der Waals surface area (Å²) in [5.74, 6) is -0.532. The minimum Gasteiger partial charge on any atom is -0.472 e. The second kappa shape index (κ2) is 8.34. The molecular weight excluding hydrogens is 346 g/mol. The van der Waals surface area contributed by atoms with Crippen LogP contribution in [0.1, 0.15) is 22.3 Å². The molecule has 0 aliphatic carbocycles. The Labute approximate surface area is 145 Å². The molecule has 9 heteroatoms. The Morgan fingerprint density at radius 2 is 1.96 bits per heavy atom. The molecule has 2 aromatic rings. The van der Waals surface area contributed by atoms with Gasteiger partial charge in [0.1, 0.15) is 6.26 Å². The predicted octanol–water partition coefficient (Wildman–Crippen LogP) is 1.09. The number of anilines is 1. The molecular formula is C16H19N3O5S. The second-order valence-corrected chi connectivity index (χ2v) is 7.12. The van der Waals surface area contributed by atoms with Gasteiger partial charge >= 0.3 is 0 Å². The third kappa shape index (κ3) is 6.68. The van der Waals surface area contributed by atoms with Crippen molar-refractivity contribution in [2.75, 3.05) is 17.5 Å². The van der Waals surface area contributed by atoms with E-state index in [0.29, 0.717) is 11.3 Å². The van der Waals surface area contributed by atoms with Gasteiger partial charge in [-0.15, -0.1) is 0 Å². The molecule has 0 bridgehead atoms. The van der Waals surface area contributed by atoms with Crippen LogP contribution in [0.5, 0.6) is 0 Å². The summed E-state index contributed by atoms with van der Waals surface area (Å²) in [5, 5.41) is 5.32. The van der Waals surface area contributed by atoms with Crippen molar-refractivity contribution < 1.29 is 22.4 Å². The zero-order chi connectivity index (χ0) is 18.3. The minimum atomic E-state index is -3.35. The standard InChI is InChI=1S/C16H19N3O5S/c1-25(22,23)19-14-4-2-3-12(9-14)10-18-15(20)5-7-17-16(21)13-6-8-24-11-13/h2-4,6,8-9,11,19H,5,7,10H2,1H3,(H,17,21)(H,18,20). The van der Waals surface area contributed by atoms with Crippen LogP contribution in [0.2, 0.25) is 0 Å². The maximum Gasteiger partial charge on any atom is 0.254 e. The van der Waals surface area contributed by atoms with Gasteiger partial charge in [-0.1, -0.05) is 12.1 Å². The molecule has 0 aliphatic heterocycles. The molecule has 25 heavy (non-hydrogen) atoms. The van der Waals surface area contributed by atoms with Crippen molar-refractivity contribution in [3.05, 3.63) is 54.0 Å². The van der Waals surface area contributed by atoms with Crippen molar-refractivity contribution in [3.63, 3.8) is 0 Å². The van der Waals surface area contributed by atoms with Crippen LogP contribution in [0, 0.1) is 0 Å². The lowest BCUT2D eigenvalue weighted by Crippen LogP contribution is -2.30. The van der Waals surface area contributed by atoms with Crippen LogP contribution in [-0.2, 0) is 21.4 Å². The number of sulfonamides is 1. The third-order valence-corrected chi connectivity index (χ3v) is 3.75. The SMILES string of the molecule is CS(=O)(=O)Nc1cccc(CNC(=O)CCNC(=O)c2ccoc2)c1. The van der Waals surface area contributed by atoms with E-state index in [1.807, 2.05) is 0 Å². The summed E-state index contributed by atoms with van der Waals surface area (Å²) in [7, 11) is -3.35. The number of amides is 2. The molecule has 8 nitrogen and oxygen atoms in total. The maximum absolute atomic E-state index is 11.8. The van der Waals surface area contributed by atoms with E-state index in [2.05, 4.69) is 15.4 Å². The molecule has 0 fully saturated rings. The highest BCUT2D eigenvalue weighted by atomic mass is 32.2. The number of benzene rings is 1. The van der Waals surface area contributed by atoms with Crippen molar-refractivity contribution in [2.45, 2.75) is 13.0 Å². The van der Waals surface area contributed by atoms with Gasteiger partial charge in [0.2, 0.25) is 15.9 Å². The topological polar surface area (TPSA) is 118 Å². The van der Waals surface area contributed by atoms with Crippen molar-refractivity contribution >= 4 is 27.5 Å². The van der Waals surface area contributed by atoms with Gasteiger partial charge in [0.25, 0.3) is 5.91 Å². The van der Waals surface area contributed by atoms with Crippen molar-refractivity contribution in [2.24, 2.45) is 0 Å². The van der Waals surface area contributed by atoms with Gasteiger partial charge in [0.05, 0.1) is 18.1 Å². The fraction of sp³-hybridized carbons (Fsp3) is 0.250. The van der Waals surface area contributed by atoms with E-state index in [1.165, 1.54) is 18.6 Å². The van der Waals surface area contributed by atoms with E-state index < -0.39 is 10.0 Å². The Hall–Kier alpha value is -2.81.